The second-order valence-electron chi connectivity index (χ2n) is 4.71. The van der Waals surface area contributed by atoms with Crippen molar-refractivity contribution in [3.63, 3.8) is 0 Å². The number of aryl methyl sites for hydroxylation is 1. The highest BCUT2D eigenvalue weighted by Crippen LogP contribution is 2.17. The van der Waals surface area contributed by atoms with Crippen LogP contribution in [0.3, 0.4) is 0 Å². The monoisotopic (exact) mass is 281 g/mol. The Hall–Kier alpha value is -2.94. The van der Waals surface area contributed by atoms with Gasteiger partial charge < -0.3 is 5.32 Å². The van der Waals surface area contributed by atoms with Crippen LogP contribution < -0.4 is 5.32 Å². The average Bonchev–Trinajstić information content (AvgIpc) is 2.85. The Balaban J connectivity index is 1.81. The second kappa shape index (κ2) is 5.21. The molecule has 0 aliphatic heterocycles. The van der Waals surface area contributed by atoms with E-state index in [1.807, 2.05) is 25.3 Å². The molecule has 3 rings (SSSR count). The Labute approximate surface area is 120 Å². The van der Waals surface area contributed by atoms with Gasteiger partial charge in [0.1, 0.15) is 11.9 Å². The molecule has 2 aromatic heterocycles. The summed E-state index contributed by atoms with van der Waals surface area (Å²) in [5.74, 6) is -0.424. The first-order valence-corrected chi connectivity index (χ1v) is 6.40. The maximum atomic E-state index is 13.1. The summed E-state index contributed by atoms with van der Waals surface area (Å²) in [7, 11) is 0. The van der Waals surface area contributed by atoms with Gasteiger partial charge in [-0.25, -0.2) is 13.9 Å². The van der Waals surface area contributed by atoms with Crippen LogP contribution in [0.2, 0.25) is 0 Å². The van der Waals surface area contributed by atoms with Crippen LogP contribution in [0.1, 0.15) is 16.8 Å². The number of nitrogens with one attached hydrogen (secondary N) is 1. The Bertz CT molecular complexity index is 847. The molecular weight excluding hydrogens is 269 g/mol. The van der Waals surface area contributed by atoms with Crippen LogP contribution >= 0.6 is 0 Å². The predicted molar refractivity (Wildman–Crippen MR) is 76.2 cm³/mol. The third-order valence-electron chi connectivity index (χ3n) is 3.07. The van der Waals surface area contributed by atoms with Gasteiger partial charge in [-0.1, -0.05) is 0 Å². The minimum Gasteiger partial charge on any atom is -0.380 e. The van der Waals surface area contributed by atoms with E-state index in [0.29, 0.717) is 12.2 Å². The van der Waals surface area contributed by atoms with E-state index in [4.69, 9.17) is 5.26 Å². The number of aromatic nitrogens is 3. The van der Waals surface area contributed by atoms with E-state index in [0.717, 1.165) is 16.9 Å². The molecule has 0 aliphatic carbocycles. The van der Waals surface area contributed by atoms with Gasteiger partial charge in [0.05, 0.1) is 16.9 Å². The number of halogens is 1. The average molecular weight is 281 g/mol. The van der Waals surface area contributed by atoms with Crippen LogP contribution in [0.25, 0.3) is 5.65 Å². The minimum absolute atomic E-state index is 0.277. The first kappa shape index (κ1) is 13.1. The highest BCUT2D eigenvalue weighted by atomic mass is 19.1. The molecule has 21 heavy (non-hydrogen) atoms. The van der Waals surface area contributed by atoms with Crippen molar-refractivity contribution in [1.29, 1.82) is 5.26 Å². The van der Waals surface area contributed by atoms with Crippen LogP contribution in [-0.2, 0) is 6.54 Å². The number of hydrogen-bond donors (Lipinski definition) is 1. The molecule has 3 aromatic rings. The summed E-state index contributed by atoms with van der Waals surface area (Å²) in [6.07, 6.45) is 3.62. The molecule has 1 N–H and O–H groups in total. The molecule has 5 nitrogen and oxygen atoms in total. The van der Waals surface area contributed by atoms with Gasteiger partial charge in [-0.15, -0.1) is 0 Å². The molecule has 104 valence electrons. The molecule has 0 saturated carbocycles. The van der Waals surface area contributed by atoms with E-state index in [1.165, 1.54) is 12.1 Å². The number of hydrogen-bond acceptors (Lipinski definition) is 4. The van der Waals surface area contributed by atoms with Crippen molar-refractivity contribution in [3.05, 3.63) is 59.3 Å². The van der Waals surface area contributed by atoms with Gasteiger partial charge in [0.25, 0.3) is 0 Å². The summed E-state index contributed by atoms with van der Waals surface area (Å²) >= 11 is 0. The summed E-state index contributed by atoms with van der Waals surface area (Å²) < 4.78 is 14.8. The van der Waals surface area contributed by atoms with Crippen molar-refractivity contribution in [2.75, 3.05) is 5.32 Å². The smallest absolute Gasteiger partial charge is 0.155 e. The van der Waals surface area contributed by atoms with Crippen molar-refractivity contribution < 1.29 is 4.39 Å². The van der Waals surface area contributed by atoms with Crippen molar-refractivity contribution >= 4 is 11.3 Å². The fourth-order valence-corrected chi connectivity index (χ4v) is 2.09. The Morgan fingerprint density at radius 1 is 1.38 bits per heavy atom. The van der Waals surface area contributed by atoms with Crippen LogP contribution in [0.15, 0.2) is 36.7 Å². The third kappa shape index (κ3) is 2.67. The molecule has 6 heteroatoms. The van der Waals surface area contributed by atoms with Crippen LogP contribution in [0.5, 0.6) is 0 Å². The lowest BCUT2D eigenvalue weighted by molar-refractivity contribution is 0.627. The maximum Gasteiger partial charge on any atom is 0.155 e. The molecule has 2 heterocycles. The van der Waals surface area contributed by atoms with Gasteiger partial charge in [-0.2, -0.15) is 10.4 Å². The van der Waals surface area contributed by atoms with Crippen LogP contribution in [0, 0.1) is 24.1 Å². The first-order valence-electron chi connectivity index (χ1n) is 6.40. The Kier molecular flexibility index (Phi) is 3.24. The lowest BCUT2D eigenvalue weighted by Gasteiger charge is -2.08. The van der Waals surface area contributed by atoms with Crippen LogP contribution in [0.4, 0.5) is 10.1 Å². The zero-order valence-corrected chi connectivity index (χ0v) is 11.3. The van der Waals surface area contributed by atoms with Gasteiger partial charge >= 0.3 is 0 Å². The Morgan fingerprint density at radius 3 is 3.05 bits per heavy atom. The largest absolute Gasteiger partial charge is 0.380 e. The lowest BCUT2D eigenvalue weighted by atomic mass is 10.2. The minimum atomic E-state index is -0.424. The Morgan fingerprint density at radius 2 is 2.24 bits per heavy atom. The fraction of sp³-hybridized carbons (Fsp3) is 0.133. The number of benzene rings is 1. The van der Waals surface area contributed by atoms with Crippen molar-refractivity contribution in [1.82, 2.24) is 14.6 Å². The fourth-order valence-electron chi connectivity index (χ4n) is 2.09. The lowest BCUT2D eigenvalue weighted by Crippen LogP contribution is -2.04. The molecule has 0 bridgehead atoms. The summed E-state index contributed by atoms with van der Waals surface area (Å²) in [5.41, 5.74) is 3.47. The third-order valence-corrected chi connectivity index (χ3v) is 3.07. The van der Waals surface area contributed by atoms with E-state index in [2.05, 4.69) is 15.4 Å². The molecule has 0 unspecified atom stereocenters. The number of nitrogens with zero attached hydrogens (tertiary/aromatic N) is 4. The topological polar surface area (TPSA) is 66.0 Å². The van der Waals surface area contributed by atoms with Gasteiger partial charge in [0.2, 0.25) is 0 Å². The summed E-state index contributed by atoms with van der Waals surface area (Å²) in [6, 6.07) is 7.95. The molecular formula is C15H12FN5. The molecule has 0 atom stereocenters. The van der Waals surface area contributed by atoms with Crippen molar-refractivity contribution in [3.8, 4) is 6.07 Å². The summed E-state index contributed by atoms with van der Waals surface area (Å²) in [6.45, 7) is 2.38. The highest BCUT2D eigenvalue weighted by molar-refractivity contribution is 5.57. The number of anilines is 1. The summed E-state index contributed by atoms with van der Waals surface area (Å²) in [4.78, 5) is 4.31. The molecule has 0 spiro atoms. The van der Waals surface area contributed by atoms with E-state index < -0.39 is 5.82 Å². The zero-order chi connectivity index (χ0) is 14.8. The highest BCUT2D eigenvalue weighted by Gasteiger charge is 2.05. The number of rotatable bonds is 3. The van der Waals surface area contributed by atoms with Crippen LogP contribution in [-0.4, -0.2) is 14.6 Å². The van der Waals surface area contributed by atoms with E-state index in [-0.39, 0.29) is 5.56 Å². The molecule has 0 aliphatic rings. The first-order chi connectivity index (χ1) is 10.2. The maximum absolute atomic E-state index is 13.1. The quantitative estimate of drug-likeness (QED) is 0.801. The normalized spacial score (nSPS) is 10.5. The molecule has 0 radical (unpaired) electrons. The SMILES string of the molecule is Cc1cc2ncc(CNc3ccc(F)cc3C#N)cn2n1. The van der Waals surface area contributed by atoms with E-state index in [9.17, 15) is 4.39 Å². The number of fused-ring (bicyclic) bond motifs is 1. The second-order valence-corrected chi connectivity index (χ2v) is 4.71. The molecule has 0 fully saturated rings. The molecule has 1 aromatic carbocycles. The van der Waals surface area contributed by atoms with Gasteiger partial charge in [-0.3, -0.25) is 0 Å². The number of nitriles is 1. The predicted octanol–water partition coefficient (Wildman–Crippen LogP) is 2.66. The van der Waals surface area contributed by atoms with Crippen molar-refractivity contribution in [2.45, 2.75) is 13.5 Å². The standard InChI is InChI=1S/C15H12FN5/c1-10-4-15-19-8-11(9-21(15)20-10)7-18-14-3-2-13(16)5-12(14)6-17/h2-5,8-9,18H,7H2,1H3. The van der Waals surface area contributed by atoms with Gasteiger partial charge in [0, 0.05) is 30.6 Å². The summed E-state index contributed by atoms with van der Waals surface area (Å²) in [5, 5.41) is 16.4. The van der Waals surface area contributed by atoms with Gasteiger partial charge in [-0.05, 0) is 25.1 Å². The van der Waals surface area contributed by atoms with Gasteiger partial charge in [0.15, 0.2) is 5.65 Å². The van der Waals surface area contributed by atoms with E-state index >= 15 is 0 Å². The van der Waals surface area contributed by atoms with Crippen molar-refractivity contribution in [2.24, 2.45) is 0 Å². The van der Waals surface area contributed by atoms with E-state index in [1.54, 1.807) is 16.8 Å². The molecule has 0 saturated heterocycles. The molecule has 0 amide bonds. The zero-order valence-electron chi connectivity index (χ0n) is 11.3.